The highest BCUT2D eigenvalue weighted by atomic mass is 16.6. The summed E-state index contributed by atoms with van der Waals surface area (Å²) in [5, 5.41) is 7.81. The lowest BCUT2D eigenvalue weighted by Gasteiger charge is -2.34. The first kappa shape index (κ1) is 19.2. The molecule has 0 saturated carbocycles. The van der Waals surface area contributed by atoms with Crippen LogP contribution in [0.2, 0.25) is 0 Å². The Hall–Kier alpha value is -3.16. The Morgan fingerprint density at radius 3 is 2.97 bits per heavy atom. The largest absolute Gasteiger partial charge is 0.444 e. The Morgan fingerprint density at radius 2 is 2.14 bits per heavy atom. The molecule has 0 aliphatic carbocycles. The van der Waals surface area contributed by atoms with Crippen LogP contribution in [0, 0.1) is 0 Å². The number of carbonyl (C=O) groups is 1. The fourth-order valence-corrected chi connectivity index (χ4v) is 3.47. The van der Waals surface area contributed by atoms with Gasteiger partial charge in [0.1, 0.15) is 11.4 Å². The highest BCUT2D eigenvalue weighted by Gasteiger charge is 2.27. The summed E-state index contributed by atoms with van der Waals surface area (Å²) in [6.07, 6.45) is 7.04. The summed E-state index contributed by atoms with van der Waals surface area (Å²) >= 11 is 0. The number of fused-ring (bicyclic) bond motifs is 1. The first-order valence-corrected chi connectivity index (χ1v) is 9.89. The maximum absolute atomic E-state index is 12.4. The molecule has 1 saturated heterocycles. The van der Waals surface area contributed by atoms with Gasteiger partial charge in [0.2, 0.25) is 0 Å². The first-order valence-electron chi connectivity index (χ1n) is 9.89. The molecule has 1 aliphatic heterocycles. The Bertz CT molecular complexity index is 1010. The molecule has 0 radical (unpaired) electrons. The van der Waals surface area contributed by atoms with Crippen LogP contribution in [0.5, 0.6) is 0 Å². The van der Waals surface area contributed by atoms with Gasteiger partial charge in [0, 0.05) is 31.5 Å². The van der Waals surface area contributed by atoms with E-state index in [1.165, 1.54) is 0 Å². The van der Waals surface area contributed by atoms with Crippen molar-refractivity contribution in [2.45, 2.75) is 45.3 Å². The molecule has 4 heterocycles. The van der Waals surface area contributed by atoms with E-state index in [9.17, 15) is 4.79 Å². The lowest BCUT2D eigenvalue weighted by atomic mass is 10.1. The SMILES string of the molecule is CC(C)(C)OC(=O)N1CCCC(Nc2ccnc(-c3cnn4ccccc34)n2)C1. The fourth-order valence-electron chi connectivity index (χ4n) is 3.47. The number of rotatable bonds is 3. The summed E-state index contributed by atoms with van der Waals surface area (Å²) in [7, 11) is 0. The number of nitrogens with one attached hydrogen (secondary N) is 1. The van der Waals surface area contributed by atoms with Crippen molar-refractivity contribution in [2.75, 3.05) is 18.4 Å². The number of nitrogens with zero attached hydrogens (tertiary/aromatic N) is 5. The number of hydrogen-bond acceptors (Lipinski definition) is 6. The van der Waals surface area contributed by atoms with Crippen molar-refractivity contribution in [1.82, 2.24) is 24.5 Å². The summed E-state index contributed by atoms with van der Waals surface area (Å²) in [5.74, 6) is 1.36. The van der Waals surface area contributed by atoms with E-state index >= 15 is 0 Å². The molecule has 1 atom stereocenters. The average molecular weight is 394 g/mol. The molecule has 1 aliphatic rings. The van der Waals surface area contributed by atoms with E-state index in [-0.39, 0.29) is 12.1 Å². The van der Waals surface area contributed by atoms with Gasteiger partial charge in [-0.25, -0.2) is 19.3 Å². The zero-order chi connectivity index (χ0) is 20.4. The summed E-state index contributed by atoms with van der Waals surface area (Å²) in [6.45, 7) is 6.95. The van der Waals surface area contributed by atoms with Crippen molar-refractivity contribution in [3.05, 3.63) is 42.9 Å². The highest BCUT2D eigenvalue weighted by molar-refractivity contribution is 5.76. The van der Waals surface area contributed by atoms with Gasteiger partial charge < -0.3 is 15.0 Å². The summed E-state index contributed by atoms with van der Waals surface area (Å²) < 4.78 is 7.31. The molecule has 0 spiro atoms. The van der Waals surface area contributed by atoms with Gasteiger partial charge in [-0.3, -0.25) is 0 Å². The third-order valence-electron chi connectivity index (χ3n) is 4.75. The topological polar surface area (TPSA) is 84.6 Å². The van der Waals surface area contributed by atoms with E-state index in [0.29, 0.717) is 18.9 Å². The molecular weight excluding hydrogens is 368 g/mol. The molecule has 1 unspecified atom stereocenters. The standard InChI is InChI=1S/C21H26N6O2/c1-21(2,3)29-20(28)26-11-6-7-15(14-26)24-18-9-10-22-19(25-18)16-13-23-27-12-5-4-8-17(16)27/h4-5,8-10,12-13,15H,6-7,11,14H2,1-3H3,(H,22,24,25). The second-order valence-corrected chi connectivity index (χ2v) is 8.26. The van der Waals surface area contributed by atoms with E-state index in [0.717, 1.165) is 29.7 Å². The van der Waals surface area contributed by atoms with Gasteiger partial charge >= 0.3 is 6.09 Å². The molecule has 152 valence electrons. The van der Waals surface area contributed by atoms with Gasteiger partial charge in [-0.1, -0.05) is 6.07 Å². The van der Waals surface area contributed by atoms with Gasteiger partial charge in [-0.15, -0.1) is 0 Å². The van der Waals surface area contributed by atoms with Gasteiger partial charge in [0.05, 0.1) is 17.3 Å². The van der Waals surface area contributed by atoms with Crippen LogP contribution in [0.15, 0.2) is 42.9 Å². The molecule has 1 N–H and O–H groups in total. The normalized spacial score (nSPS) is 17.3. The molecule has 29 heavy (non-hydrogen) atoms. The van der Waals surface area contributed by atoms with E-state index < -0.39 is 5.60 Å². The number of ether oxygens (including phenoxy) is 1. The monoisotopic (exact) mass is 394 g/mol. The lowest BCUT2D eigenvalue weighted by Crippen LogP contribution is -2.47. The minimum atomic E-state index is -0.493. The van der Waals surface area contributed by atoms with E-state index in [1.54, 1.807) is 21.8 Å². The summed E-state index contributed by atoms with van der Waals surface area (Å²) in [5.41, 5.74) is 1.35. The Labute approximate surface area is 169 Å². The predicted molar refractivity (Wildman–Crippen MR) is 111 cm³/mol. The molecular formula is C21H26N6O2. The highest BCUT2D eigenvalue weighted by Crippen LogP contribution is 2.23. The third kappa shape index (κ3) is 4.47. The van der Waals surface area contributed by atoms with Crippen molar-refractivity contribution < 1.29 is 9.53 Å². The molecule has 8 heteroatoms. The zero-order valence-corrected chi connectivity index (χ0v) is 17.0. The summed E-state index contributed by atoms with van der Waals surface area (Å²) in [6, 6.07) is 7.86. The van der Waals surface area contributed by atoms with Gasteiger partial charge in [-0.2, -0.15) is 5.10 Å². The van der Waals surface area contributed by atoms with E-state index in [1.807, 2.05) is 51.2 Å². The van der Waals surface area contributed by atoms with Crippen LogP contribution in [0.25, 0.3) is 16.9 Å². The number of anilines is 1. The molecule has 3 aromatic rings. The van der Waals surface area contributed by atoms with Crippen molar-refractivity contribution >= 4 is 17.4 Å². The second-order valence-electron chi connectivity index (χ2n) is 8.26. The van der Waals surface area contributed by atoms with Crippen LogP contribution in [0.1, 0.15) is 33.6 Å². The van der Waals surface area contributed by atoms with Crippen LogP contribution >= 0.6 is 0 Å². The number of amides is 1. The van der Waals surface area contributed by atoms with Crippen LogP contribution in [-0.4, -0.2) is 55.3 Å². The van der Waals surface area contributed by atoms with Gasteiger partial charge in [0.25, 0.3) is 0 Å². The van der Waals surface area contributed by atoms with Crippen LogP contribution in [0.3, 0.4) is 0 Å². The van der Waals surface area contributed by atoms with Crippen LogP contribution < -0.4 is 5.32 Å². The van der Waals surface area contributed by atoms with Crippen molar-refractivity contribution in [1.29, 1.82) is 0 Å². The third-order valence-corrected chi connectivity index (χ3v) is 4.75. The fraction of sp³-hybridized carbons (Fsp3) is 0.429. The van der Waals surface area contributed by atoms with Crippen molar-refractivity contribution in [3.8, 4) is 11.4 Å². The maximum Gasteiger partial charge on any atom is 0.410 e. The predicted octanol–water partition coefficient (Wildman–Crippen LogP) is 3.60. The maximum atomic E-state index is 12.4. The van der Waals surface area contributed by atoms with Crippen LogP contribution in [-0.2, 0) is 4.74 Å². The van der Waals surface area contributed by atoms with E-state index in [2.05, 4.69) is 20.4 Å². The zero-order valence-electron chi connectivity index (χ0n) is 17.0. The summed E-state index contributed by atoms with van der Waals surface area (Å²) in [4.78, 5) is 23.2. The molecule has 0 bridgehead atoms. The number of piperidine rings is 1. The minimum absolute atomic E-state index is 0.114. The number of aromatic nitrogens is 4. The number of likely N-dealkylation sites (tertiary alicyclic amines) is 1. The lowest BCUT2D eigenvalue weighted by molar-refractivity contribution is 0.0206. The van der Waals surface area contributed by atoms with Crippen molar-refractivity contribution in [2.24, 2.45) is 0 Å². The quantitative estimate of drug-likeness (QED) is 0.731. The molecule has 8 nitrogen and oxygen atoms in total. The molecule has 1 fully saturated rings. The number of carbonyl (C=O) groups excluding carboxylic acids is 1. The second kappa shape index (κ2) is 7.69. The molecule has 0 aromatic carbocycles. The molecule has 4 rings (SSSR count). The Kier molecular flexibility index (Phi) is 5.08. The van der Waals surface area contributed by atoms with Crippen LogP contribution in [0.4, 0.5) is 10.6 Å². The molecule has 3 aromatic heterocycles. The number of pyridine rings is 1. The first-order chi connectivity index (χ1) is 13.9. The Balaban J connectivity index is 1.47. The van der Waals surface area contributed by atoms with Crippen molar-refractivity contribution in [3.63, 3.8) is 0 Å². The number of hydrogen-bond donors (Lipinski definition) is 1. The Morgan fingerprint density at radius 1 is 1.28 bits per heavy atom. The van der Waals surface area contributed by atoms with Gasteiger partial charge in [-0.05, 0) is 51.8 Å². The average Bonchev–Trinajstić information content (AvgIpc) is 3.11. The van der Waals surface area contributed by atoms with Gasteiger partial charge in [0.15, 0.2) is 5.82 Å². The molecule has 1 amide bonds. The smallest absolute Gasteiger partial charge is 0.410 e. The van der Waals surface area contributed by atoms with E-state index in [4.69, 9.17) is 4.74 Å². The minimum Gasteiger partial charge on any atom is -0.444 e.